The van der Waals surface area contributed by atoms with Crippen molar-refractivity contribution >= 4 is 12.0 Å². The van der Waals surface area contributed by atoms with E-state index in [0.29, 0.717) is 24.7 Å². The van der Waals surface area contributed by atoms with E-state index in [0.717, 1.165) is 12.8 Å². The molecule has 0 radical (unpaired) electrons. The summed E-state index contributed by atoms with van der Waals surface area (Å²) in [5, 5.41) is 11.8. The number of amides is 2. The van der Waals surface area contributed by atoms with Crippen molar-refractivity contribution in [1.82, 2.24) is 20.2 Å². The molecule has 110 valence electrons. The molecule has 2 amide bonds. The van der Waals surface area contributed by atoms with Gasteiger partial charge in [0.1, 0.15) is 6.04 Å². The van der Waals surface area contributed by atoms with Crippen LogP contribution in [0.3, 0.4) is 0 Å². The number of H-pyrrole nitrogens is 1. The van der Waals surface area contributed by atoms with Crippen LogP contribution in [0, 0.1) is 5.92 Å². The standard InChI is InChI=1S/C13H20N4O3/c1-9-3-2-4-17(7-9)13(20)16-11(12(18)19)5-10-6-14-8-15-10/h6,8-9,11H,2-5,7H2,1H3,(H,14,15)(H,16,20)(H,18,19)/t9?,11-/m1/s1. The third-order valence-electron chi connectivity index (χ3n) is 3.52. The summed E-state index contributed by atoms with van der Waals surface area (Å²) in [5.74, 6) is -0.580. The molecule has 1 aromatic rings. The van der Waals surface area contributed by atoms with Crippen LogP contribution in [0.25, 0.3) is 0 Å². The van der Waals surface area contributed by atoms with Crippen molar-refractivity contribution in [1.29, 1.82) is 0 Å². The Hall–Kier alpha value is -2.05. The molecule has 0 bridgehead atoms. The highest BCUT2D eigenvalue weighted by Gasteiger charge is 2.26. The summed E-state index contributed by atoms with van der Waals surface area (Å²) in [7, 11) is 0. The number of hydrogen-bond donors (Lipinski definition) is 3. The molecule has 1 saturated heterocycles. The Morgan fingerprint density at radius 1 is 1.65 bits per heavy atom. The second-order valence-corrected chi connectivity index (χ2v) is 5.31. The Kier molecular flexibility index (Phi) is 4.60. The number of aliphatic carboxylic acids is 1. The minimum atomic E-state index is -1.04. The van der Waals surface area contributed by atoms with Crippen LogP contribution in [0.4, 0.5) is 4.79 Å². The van der Waals surface area contributed by atoms with E-state index in [4.69, 9.17) is 0 Å². The average Bonchev–Trinajstić information content (AvgIpc) is 2.90. The third-order valence-corrected chi connectivity index (χ3v) is 3.52. The van der Waals surface area contributed by atoms with Gasteiger partial charge in [-0.2, -0.15) is 0 Å². The number of carboxylic acid groups (broad SMARTS) is 1. The van der Waals surface area contributed by atoms with Crippen molar-refractivity contribution in [2.75, 3.05) is 13.1 Å². The molecule has 7 nitrogen and oxygen atoms in total. The maximum absolute atomic E-state index is 12.1. The Balaban J connectivity index is 1.93. The lowest BCUT2D eigenvalue weighted by Crippen LogP contribution is -2.51. The van der Waals surface area contributed by atoms with Crippen LogP contribution < -0.4 is 5.32 Å². The summed E-state index contributed by atoms with van der Waals surface area (Å²) < 4.78 is 0. The van der Waals surface area contributed by atoms with Gasteiger partial charge in [-0.1, -0.05) is 6.92 Å². The van der Waals surface area contributed by atoms with Gasteiger partial charge in [0.15, 0.2) is 0 Å². The summed E-state index contributed by atoms with van der Waals surface area (Å²) in [5.41, 5.74) is 0.685. The quantitative estimate of drug-likeness (QED) is 0.761. The summed E-state index contributed by atoms with van der Waals surface area (Å²) >= 11 is 0. The molecule has 3 N–H and O–H groups in total. The second-order valence-electron chi connectivity index (χ2n) is 5.31. The zero-order chi connectivity index (χ0) is 14.5. The van der Waals surface area contributed by atoms with Gasteiger partial charge in [-0.25, -0.2) is 14.6 Å². The van der Waals surface area contributed by atoms with Gasteiger partial charge in [-0.05, 0) is 18.8 Å². The van der Waals surface area contributed by atoms with Gasteiger partial charge in [0.2, 0.25) is 0 Å². The summed E-state index contributed by atoms with van der Waals surface area (Å²) in [4.78, 5) is 31.7. The molecule has 0 saturated carbocycles. The minimum absolute atomic E-state index is 0.199. The molecule has 1 aliphatic heterocycles. The lowest BCUT2D eigenvalue weighted by molar-refractivity contribution is -0.139. The van der Waals surface area contributed by atoms with Gasteiger partial charge in [-0.15, -0.1) is 0 Å². The third kappa shape index (κ3) is 3.72. The molecule has 0 spiro atoms. The van der Waals surface area contributed by atoms with E-state index in [-0.39, 0.29) is 12.5 Å². The minimum Gasteiger partial charge on any atom is -0.480 e. The lowest BCUT2D eigenvalue weighted by Gasteiger charge is -2.31. The van der Waals surface area contributed by atoms with Gasteiger partial charge >= 0.3 is 12.0 Å². The number of hydrogen-bond acceptors (Lipinski definition) is 3. The van der Waals surface area contributed by atoms with E-state index in [1.165, 1.54) is 6.33 Å². The van der Waals surface area contributed by atoms with Crippen molar-refractivity contribution in [2.45, 2.75) is 32.2 Å². The van der Waals surface area contributed by atoms with Crippen LogP contribution in [0.5, 0.6) is 0 Å². The molecule has 1 fully saturated rings. The van der Waals surface area contributed by atoms with E-state index < -0.39 is 12.0 Å². The molecule has 2 heterocycles. The molecule has 1 aliphatic rings. The van der Waals surface area contributed by atoms with E-state index in [1.54, 1.807) is 11.1 Å². The topological polar surface area (TPSA) is 98.3 Å². The maximum atomic E-state index is 12.1. The highest BCUT2D eigenvalue weighted by Crippen LogP contribution is 2.15. The number of piperidine rings is 1. The Morgan fingerprint density at radius 2 is 2.45 bits per heavy atom. The molecule has 2 atom stereocenters. The average molecular weight is 280 g/mol. The van der Waals surface area contributed by atoms with Crippen LogP contribution in [-0.4, -0.2) is 51.1 Å². The highest BCUT2D eigenvalue weighted by molar-refractivity contribution is 5.82. The number of carbonyl (C=O) groups is 2. The van der Waals surface area contributed by atoms with Crippen molar-refractivity contribution in [3.63, 3.8) is 0 Å². The number of nitrogens with one attached hydrogen (secondary N) is 2. The molecular formula is C13H20N4O3. The molecular weight excluding hydrogens is 260 g/mol. The van der Waals surface area contributed by atoms with Crippen LogP contribution in [-0.2, 0) is 11.2 Å². The van der Waals surface area contributed by atoms with Gasteiger partial charge in [-0.3, -0.25) is 0 Å². The second kappa shape index (κ2) is 6.40. The first-order chi connectivity index (χ1) is 9.56. The molecule has 2 rings (SSSR count). The van der Waals surface area contributed by atoms with Crippen molar-refractivity contribution in [3.05, 3.63) is 18.2 Å². The number of likely N-dealkylation sites (tertiary alicyclic amines) is 1. The predicted molar refractivity (Wildman–Crippen MR) is 72.2 cm³/mol. The molecule has 0 aromatic carbocycles. The van der Waals surface area contributed by atoms with Crippen molar-refractivity contribution < 1.29 is 14.7 Å². The summed E-state index contributed by atoms with van der Waals surface area (Å²) in [6.07, 6.45) is 5.32. The summed E-state index contributed by atoms with van der Waals surface area (Å²) in [6, 6.07) is -1.25. The highest BCUT2D eigenvalue weighted by atomic mass is 16.4. The van der Waals surface area contributed by atoms with Gasteiger partial charge in [0, 0.05) is 31.4 Å². The van der Waals surface area contributed by atoms with E-state index in [9.17, 15) is 14.7 Å². The molecule has 20 heavy (non-hydrogen) atoms. The molecule has 1 aromatic heterocycles. The molecule has 1 unspecified atom stereocenters. The first-order valence-electron chi connectivity index (χ1n) is 6.81. The van der Waals surface area contributed by atoms with Crippen molar-refractivity contribution in [2.24, 2.45) is 5.92 Å². The lowest BCUT2D eigenvalue weighted by atomic mass is 10.0. The first kappa shape index (κ1) is 14.4. The van der Waals surface area contributed by atoms with Crippen molar-refractivity contribution in [3.8, 4) is 0 Å². The monoisotopic (exact) mass is 280 g/mol. The SMILES string of the molecule is CC1CCCN(C(=O)N[C@H](Cc2cnc[nH]2)C(=O)O)C1. The number of imidazole rings is 1. The number of aromatic nitrogens is 2. The number of nitrogens with zero attached hydrogens (tertiary/aromatic N) is 2. The largest absolute Gasteiger partial charge is 0.480 e. The molecule has 0 aliphatic carbocycles. The first-order valence-corrected chi connectivity index (χ1v) is 6.81. The maximum Gasteiger partial charge on any atom is 0.326 e. The zero-order valence-corrected chi connectivity index (χ0v) is 11.5. The smallest absolute Gasteiger partial charge is 0.326 e. The fraction of sp³-hybridized carbons (Fsp3) is 0.615. The van der Waals surface area contributed by atoms with Crippen LogP contribution in [0.2, 0.25) is 0 Å². The molecule has 7 heteroatoms. The fourth-order valence-corrected chi connectivity index (χ4v) is 2.43. The normalized spacial score (nSPS) is 20.4. The predicted octanol–water partition coefficient (Wildman–Crippen LogP) is 0.847. The zero-order valence-electron chi connectivity index (χ0n) is 11.5. The number of carbonyl (C=O) groups excluding carboxylic acids is 1. The number of aromatic amines is 1. The van der Waals surface area contributed by atoms with Crippen LogP contribution in [0.1, 0.15) is 25.5 Å². The van der Waals surface area contributed by atoms with E-state index in [1.807, 2.05) is 0 Å². The van der Waals surface area contributed by atoms with Crippen LogP contribution >= 0.6 is 0 Å². The Morgan fingerprint density at radius 3 is 3.05 bits per heavy atom. The van der Waals surface area contributed by atoms with Gasteiger partial charge < -0.3 is 20.3 Å². The van der Waals surface area contributed by atoms with Gasteiger partial charge in [0.05, 0.1) is 6.33 Å². The fourth-order valence-electron chi connectivity index (χ4n) is 2.43. The Labute approximate surface area is 117 Å². The van der Waals surface area contributed by atoms with Gasteiger partial charge in [0.25, 0.3) is 0 Å². The van der Waals surface area contributed by atoms with E-state index >= 15 is 0 Å². The number of urea groups is 1. The number of rotatable bonds is 4. The van der Waals surface area contributed by atoms with Crippen LogP contribution in [0.15, 0.2) is 12.5 Å². The van der Waals surface area contributed by atoms with E-state index in [2.05, 4.69) is 22.2 Å². The Bertz CT molecular complexity index is 460. The summed E-state index contributed by atoms with van der Waals surface area (Å²) in [6.45, 7) is 3.47. The number of carboxylic acids is 1.